The van der Waals surface area contributed by atoms with Gasteiger partial charge in [0.1, 0.15) is 12.0 Å². The van der Waals surface area contributed by atoms with Crippen LogP contribution in [0.25, 0.3) is 17.2 Å². The Morgan fingerprint density at radius 2 is 2.08 bits per heavy atom. The number of carbonyl (C=O) groups is 1. The summed E-state index contributed by atoms with van der Waals surface area (Å²) in [6, 6.07) is 9.89. The highest BCUT2D eigenvalue weighted by atomic mass is 16.2. The average molecular weight is 351 g/mol. The van der Waals surface area contributed by atoms with Gasteiger partial charge in [0.2, 0.25) is 0 Å². The van der Waals surface area contributed by atoms with Crippen molar-refractivity contribution in [3.05, 3.63) is 47.9 Å². The van der Waals surface area contributed by atoms with Crippen LogP contribution >= 0.6 is 0 Å². The minimum Gasteiger partial charge on any atom is -0.338 e. The second-order valence-electron chi connectivity index (χ2n) is 6.26. The van der Waals surface area contributed by atoms with Crippen molar-refractivity contribution in [2.45, 2.75) is 19.9 Å². The van der Waals surface area contributed by atoms with E-state index in [4.69, 9.17) is 5.10 Å². The highest BCUT2D eigenvalue weighted by molar-refractivity contribution is 5.75. The minimum absolute atomic E-state index is 0.0440. The molecule has 3 aromatic rings. The fraction of sp³-hybridized carbons (Fsp3) is 0.333. The molecule has 1 aliphatic heterocycles. The maximum absolute atomic E-state index is 12.3. The van der Waals surface area contributed by atoms with Gasteiger partial charge in [0.05, 0.1) is 6.54 Å². The molecule has 0 spiro atoms. The highest BCUT2D eigenvalue weighted by Gasteiger charge is 2.29. The van der Waals surface area contributed by atoms with Crippen LogP contribution in [-0.2, 0) is 20.0 Å². The van der Waals surface area contributed by atoms with Gasteiger partial charge >= 0.3 is 6.03 Å². The third-order valence-corrected chi connectivity index (χ3v) is 4.65. The van der Waals surface area contributed by atoms with Gasteiger partial charge in [0.15, 0.2) is 5.82 Å². The van der Waals surface area contributed by atoms with E-state index in [2.05, 4.69) is 15.5 Å². The third kappa shape index (κ3) is 2.73. The first-order chi connectivity index (χ1) is 12.7. The van der Waals surface area contributed by atoms with Gasteiger partial charge in [-0.15, -0.1) is 10.2 Å². The molecule has 134 valence electrons. The maximum Gasteiger partial charge on any atom is 0.317 e. The van der Waals surface area contributed by atoms with Crippen LogP contribution in [0.15, 0.2) is 36.7 Å². The summed E-state index contributed by atoms with van der Waals surface area (Å²) in [4.78, 5) is 14.1. The van der Waals surface area contributed by atoms with Gasteiger partial charge in [0, 0.05) is 43.5 Å². The molecule has 0 aliphatic carbocycles. The number of benzene rings is 1. The minimum atomic E-state index is -0.0440. The summed E-state index contributed by atoms with van der Waals surface area (Å²) in [6.45, 7) is 3.74. The van der Waals surface area contributed by atoms with Crippen LogP contribution in [-0.4, -0.2) is 48.6 Å². The van der Waals surface area contributed by atoms with Gasteiger partial charge < -0.3 is 10.2 Å². The van der Waals surface area contributed by atoms with Crippen LogP contribution in [0.4, 0.5) is 4.79 Å². The third-order valence-electron chi connectivity index (χ3n) is 4.65. The first kappa shape index (κ1) is 16.3. The number of hydrogen-bond donors (Lipinski definition) is 1. The lowest BCUT2D eigenvalue weighted by Crippen LogP contribution is -2.42. The van der Waals surface area contributed by atoms with E-state index in [1.807, 2.05) is 58.5 Å². The molecule has 8 nitrogen and oxygen atoms in total. The second-order valence-corrected chi connectivity index (χ2v) is 6.26. The van der Waals surface area contributed by atoms with Crippen molar-refractivity contribution in [1.82, 2.24) is 34.8 Å². The van der Waals surface area contributed by atoms with Crippen molar-refractivity contribution in [3.8, 4) is 17.2 Å². The number of nitrogens with zero attached hydrogens (tertiary/aromatic N) is 6. The van der Waals surface area contributed by atoms with Gasteiger partial charge in [-0.3, -0.25) is 9.25 Å². The Bertz CT molecular complexity index is 928. The van der Waals surface area contributed by atoms with Crippen molar-refractivity contribution >= 4 is 6.03 Å². The maximum atomic E-state index is 12.3. The van der Waals surface area contributed by atoms with Crippen molar-refractivity contribution in [3.63, 3.8) is 0 Å². The SMILES string of the molecule is CCNC(=O)N1CCc2c(c(-c3nncn3-c3ccccc3)nn2C)C1. The summed E-state index contributed by atoms with van der Waals surface area (Å²) < 4.78 is 3.82. The number of urea groups is 1. The molecule has 0 unspecified atom stereocenters. The topological polar surface area (TPSA) is 80.9 Å². The number of aromatic nitrogens is 5. The number of nitrogens with one attached hydrogen (secondary N) is 1. The molecule has 0 saturated heterocycles. The molecule has 1 aliphatic rings. The first-order valence-corrected chi connectivity index (χ1v) is 8.72. The Morgan fingerprint density at radius 1 is 1.27 bits per heavy atom. The van der Waals surface area contributed by atoms with E-state index >= 15 is 0 Å². The fourth-order valence-electron chi connectivity index (χ4n) is 3.38. The van der Waals surface area contributed by atoms with Crippen LogP contribution in [0.1, 0.15) is 18.2 Å². The molecule has 2 aromatic heterocycles. The van der Waals surface area contributed by atoms with Gasteiger partial charge in [-0.05, 0) is 19.1 Å². The van der Waals surface area contributed by atoms with E-state index in [1.54, 1.807) is 6.33 Å². The summed E-state index contributed by atoms with van der Waals surface area (Å²) in [6.07, 6.45) is 2.46. The Balaban J connectivity index is 1.75. The molecule has 0 bridgehead atoms. The highest BCUT2D eigenvalue weighted by Crippen LogP contribution is 2.29. The van der Waals surface area contributed by atoms with Crippen LogP contribution in [0.5, 0.6) is 0 Å². The molecule has 0 radical (unpaired) electrons. The van der Waals surface area contributed by atoms with Crippen LogP contribution in [0, 0.1) is 0 Å². The first-order valence-electron chi connectivity index (χ1n) is 8.72. The van der Waals surface area contributed by atoms with Gasteiger partial charge in [-0.25, -0.2) is 4.79 Å². The predicted molar refractivity (Wildman–Crippen MR) is 96.7 cm³/mol. The zero-order valence-corrected chi connectivity index (χ0v) is 14.9. The number of para-hydroxylation sites is 1. The zero-order valence-electron chi connectivity index (χ0n) is 14.9. The molecule has 0 fully saturated rings. The van der Waals surface area contributed by atoms with Crippen molar-refractivity contribution in [2.24, 2.45) is 7.05 Å². The van der Waals surface area contributed by atoms with E-state index < -0.39 is 0 Å². The summed E-state index contributed by atoms with van der Waals surface area (Å²) in [5.41, 5.74) is 3.93. The Labute approximate surface area is 151 Å². The van der Waals surface area contributed by atoms with Gasteiger partial charge in [-0.1, -0.05) is 18.2 Å². The number of carbonyl (C=O) groups excluding carboxylic acids is 1. The molecule has 2 amide bonds. The quantitative estimate of drug-likeness (QED) is 0.780. The van der Waals surface area contributed by atoms with E-state index in [9.17, 15) is 4.79 Å². The fourth-order valence-corrected chi connectivity index (χ4v) is 3.38. The van der Waals surface area contributed by atoms with Crippen LogP contribution < -0.4 is 5.32 Å². The zero-order chi connectivity index (χ0) is 18.1. The van der Waals surface area contributed by atoms with Crippen LogP contribution in [0.2, 0.25) is 0 Å². The molecular weight excluding hydrogens is 330 g/mol. The molecule has 1 N–H and O–H groups in total. The van der Waals surface area contributed by atoms with Crippen molar-refractivity contribution in [1.29, 1.82) is 0 Å². The number of aryl methyl sites for hydroxylation is 1. The lowest BCUT2D eigenvalue weighted by Gasteiger charge is -2.27. The molecule has 1 aromatic carbocycles. The van der Waals surface area contributed by atoms with Gasteiger partial charge in [-0.2, -0.15) is 5.10 Å². The summed E-state index contributed by atoms with van der Waals surface area (Å²) >= 11 is 0. The Hall–Kier alpha value is -3.16. The number of amides is 2. The van der Waals surface area contributed by atoms with Crippen LogP contribution in [0.3, 0.4) is 0 Å². The van der Waals surface area contributed by atoms with Crippen molar-refractivity contribution in [2.75, 3.05) is 13.1 Å². The monoisotopic (exact) mass is 351 g/mol. The van der Waals surface area contributed by atoms with Gasteiger partial charge in [0.25, 0.3) is 0 Å². The molecule has 0 saturated carbocycles. The van der Waals surface area contributed by atoms with E-state index in [0.717, 1.165) is 29.1 Å². The largest absolute Gasteiger partial charge is 0.338 e. The molecule has 26 heavy (non-hydrogen) atoms. The lowest BCUT2D eigenvalue weighted by molar-refractivity contribution is 0.192. The predicted octanol–water partition coefficient (Wildman–Crippen LogP) is 1.76. The smallest absolute Gasteiger partial charge is 0.317 e. The summed E-state index contributed by atoms with van der Waals surface area (Å²) in [5.74, 6) is 0.686. The number of hydrogen-bond acceptors (Lipinski definition) is 4. The number of fused-ring (bicyclic) bond motifs is 1. The van der Waals surface area contributed by atoms with E-state index in [-0.39, 0.29) is 6.03 Å². The standard InChI is InChI=1S/C18H21N7O/c1-3-19-18(26)24-10-9-15-14(11-24)16(22-23(15)2)17-21-20-12-25(17)13-7-5-4-6-8-13/h4-8,12H,3,9-11H2,1-2H3,(H,19,26). The Morgan fingerprint density at radius 3 is 2.85 bits per heavy atom. The van der Waals surface area contributed by atoms with Crippen molar-refractivity contribution < 1.29 is 4.79 Å². The summed E-state index contributed by atoms with van der Waals surface area (Å²) in [7, 11) is 1.94. The summed E-state index contributed by atoms with van der Waals surface area (Å²) in [5, 5.41) is 16.0. The molecular formula is C18H21N7O. The normalized spacial score (nSPS) is 13.5. The average Bonchev–Trinajstić information content (AvgIpc) is 3.27. The Kier molecular flexibility index (Phi) is 4.16. The second kappa shape index (κ2) is 6.62. The molecule has 0 atom stereocenters. The van der Waals surface area contributed by atoms with E-state index in [1.165, 1.54) is 0 Å². The lowest BCUT2D eigenvalue weighted by atomic mass is 10.0. The molecule has 3 heterocycles. The molecule has 4 rings (SSSR count). The molecule has 8 heteroatoms. The number of rotatable bonds is 3. The van der Waals surface area contributed by atoms with E-state index in [0.29, 0.717) is 25.5 Å².